The molecular formula is C30H36N2O5. The molecule has 2 bridgehead atoms. The molecule has 3 N–H and O–H groups in total. The lowest BCUT2D eigenvalue weighted by Crippen LogP contribution is -2.75. The summed E-state index contributed by atoms with van der Waals surface area (Å²) in [5.74, 6) is 1.40. The van der Waals surface area contributed by atoms with E-state index in [1.807, 2.05) is 43.3 Å². The molecule has 0 aromatic heterocycles. The molecule has 1 amide bonds. The zero-order valence-electron chi connectivity index (χ0n) is 20.5. The molecule has 2 aromatic carbocycles. The highest BCUT2D eigenvalue weighted by Crippen LogP contribution is 2.66. The standard InChI is InChI=1S/C29H32N2O5.CH4/c1-2-35-24-20(27(33)30-19-6-4-3-5-7-19)15-29(34)22-14-18-10-11-21(32)25-23(18)28(29,26(24)36-25)12-13-31(22)16-17-8-9-17;/h3-7,10-11,17,22,26,32,34H,2,8-9,12-16H2,1H3,(H,30,33);1H4/t22-,26+,28+,29-;/m1./s1. The number of para-hydroxylation sites is 1. The number of phenols is 1. The molecule has 0 unspecified atom stereocenters. The van der Waals surface area contributed by atoms with Gasteiger partial charge in [0.25, 0.3) is 5.91 Å². The van der Waals surface area contributed by atoms with Gasteiger partial charge in [-0.2, -0.15) is 0 Å². The highest BCUT2D eigenvalue weighted by atomic mass is 16.5. The summed E-state index contributed by atoms with van der Waals surface area (Å²) in [5, 5.41) is 26.6. The summed E-state index contributed by atoms with van der Waals surface area (Å²) in [5.41, 5.74) is 1.16. The summed E-state index contributed by atoms with van der Waals surface area (Å²) in [4.78, 5) is 16.2. The third-order valence-corrected chi connectivity index (χ3v) is 9.10. The lowest BCUT2D eigenvalue weighted by atomic mass is 9.49. The topological polar surface area (TPSA) is 91.3 Å². The lowest BCUT2D eigenvalue weighted by Gasteiger charge is -2.62. The summed E-state index contributed by atoms with van der Waals surface area (Å²) in [6, 6.07) is 12.9. The number of aliphatic hydroxyl groups is 1. The number of benzene rings is 2. The number of anilines is 1. The Kier molecular flexibility index (Phi) is 5.58. The number of rotatable bonds is 6. The Hall–Kier alpha value is -3.03. The zero-order chi connectivity index (χ0) is 24.7. The van der Waals surface area contributed by atoms with Crippen LogP contribution in [0.15, 0.2) is 53.8 Å². The smallest absolute Gasteiger partial charge is 0.255 e. The van der Waals surface area contributed by atoms with Gasteiger partial charge in [0, 0.05) is 30.3 Å². The second kappa shape index (κ2) is 8.50. The van der Waals surface area contributed by atoms with Gasteiger partial charge in [0.15, 0.2) is 17.6 Å². The number of carbonyl (C=O) groups is 1. The summed E-state index contributed by atoms with van der Waals surface area (Å²) >= 11 is 0. The first-order chi connectivity index (χ1) is 17.5. The fourth-order valence-electron chi connectivity index (χ4n) is 7.39. The molecule has 5 aliphatic rings. The molecule has 0 radical (unpaired) electrons. The van der Waals surface area contributed by atoms with Gasteiger partial charge in [-0.15, -0.1) is 0 Å². The van der Waals surface area contributed by atoms with Crippen LogP contribution in [0.2, 0.25) is 0 Å². The van der Waals surface area contributed by atoms with Crippen molar-refractivity contribution >= 4 is 11.6 Å². The van der Waals surface area contributed by atoms with Crippen molar-refractivity contribution in [2.24, 2.45) is 5.92 Å². The van der Waals surface area contributed by atoms with Gasteiger partial charge in [0.2, 0.25) is 0 Å². The van der Waals surface area contributed by atoms with E-state index in [-0.39, 0.29) is 31.5 Å². The third kappa shape index (κ3) is 3.29. The van der Waals surface area contributed by atoms with Crippen LogP contribution in [0.4, 0.5) is 5.69 Å². The van der Waals surface area contributed by atoms with Crippen molar-refractivity contribution in [3.8, 4) is 11.5 Å². The molecular weight excluding hydrogens is 468 g/mol. The van der Waals surface area contributed by atoms with Crippen LogP contribution in [0, 0.1) is 5.92 Å². The number of aromatic hydroxyl groups is 1. The quantitative estimate of drug-likeness (QED) is 0.548. The lowest BCUT2D eigenvalue weighted by molar-refractivity contribution is -0.174. The highest BCUT2D eigenvalue weighted by Gasteiger charge is 2.73. The van der Waals surface area contributed by atoms with E-state index in [1.54, 1.807) is 6.07 Å². The largest absolute Gasteiger partial charge is 0.504 e. The van der Waals surface area contributed by atoms with E-state index in [0.717, 1.165) is 24.2 Å². The number of likely N-dealkylation sites (tertiary alicyclic amines) is 1. The first-order valence-electron chi connectivity index (χ1n) is 13.2. The Balaban J connectivity index is 0.00000252. The van der Waals surface area contributed by atoms with Gasteiger partial charge >= 0.3 is 0 Å². The summed E-state index contributed by atoms with van der Waals surface area (Å²) in [6.45, 7) is 4.09. The molecule has 196 valence electrons. The number of nitrogens with zero attached hydrogens (tertiary/aromatic N) is 1. The predicted molar refractivity (Wildman–Crippen MR) is 141 cm³/mol. The van der Waals surface area contributed by atoms with E-state index in [9.17, 15) is 15.0 Å². The first kappa shape index (κ1) is 24.3. The third-order valence-electron chi connectivity index (χ3n) is 9.10. The second-order valence-electron chi connectivity index (χ2n) is 11.0. The molecule has 1 saturated heterocycles. The van der Waals surface area contributed by atoms with Crippen molar-refractivity contribution in [2.45, 2.75) is 69.6 Å². The Bertz CT molecular complexity index is 1270. The molecule has 1 spiro atoms. The molecule has 7 heteroatoms. The van der Waals surface area contributed by atoms with Crippen molar-refractivity contribution in [3.05, 3.63) is 64.9 Å². The Morgan fingerprint density at radius 1 is 1.22 bits per heavy atom. The Morgan fingerprint density at radius 2 is 2.00 bits per heavy atom. The summed E-state index contributed by atoms with van der Waals surface area (Å²) in [6.07, 6.45) is 3.35. The molecule has 2 aliphatic heterocycles. The molecule has 7 nitrogen and oxygen atoms in total. The van der Waals surface area contributed by atoms with Gasteiger partial charge in [-0.25, -0.2) is 0 Å². The number of amides is 1. The number of carbonyl (C=O) groups excluding carboxylic acids is 1. The van der Waals surface area contributed by atoms with E-state index >= 15 is 0 Å². The fourth-order valence-corrected chi connectivity index (χ4v) is 7.39. The van der Waals surface area contributed by atoms with Crippen LogP contribution in [-0.2, 0) is 21.4 Å². The molecule has 4 atom stereocenters. The van der Waals surface area contributed by atoms with E-state index < -0.39 is 17.1 Å². The second-order valence-corrected chi connectivity index (χ2v) is 11.0. The molecule has 2 heterocycles. The summed E-state index contributed by atoms with van der Waals surface area (Å²) < 4.78 is 12.7. The van der Waals surface area contributed by atoms with Gasteiger partial charge in [-0.05, 0) is 68.8 Å². The predicted octanol–water partition coefficient (Wildman–Crippen LogP) is 4.13. The summed E-state index contributed by atoms with van der Waals surface area (Å²) in [7, 11) is 0. The SMILES string of the molecule is C.CCOC1=C(C(=O)Nc2ccccc2)C[C@@]2(O)[C@H]3Cc4ccc(O)c5c4[C@@]2(CCN3CC2CC2)[C@H]1O5. The van der Waals surface area contributed by atoms with Crippen LogP contribution < -0.4 is 10.1 Å². The zero-order valence-corrected chi connectivity index (χ0v) is 20.5. The van der Waals surface area contributed by atoms with Gasteiger partial charge < -0.3 is 25.0 Å². The van der Waals surface area contributed by atoms with Crippen LogP contribution >= 0.6 is 0 Å². The maximum absolute atomic E-state index is 13.7. The van der Waals surface area contributed by atoms with Gasteiger partial charge in [-0.1, -0.05) is 31.7 Å². The maximum Gasteiger partial charge on any atom is 0.255 e. The molecule has 7 rings (SSSR count). The number of hydrogen-bond acceptors (Lipinski definition) is 6. The normalized spacial score (nSPS) is 31.2. The molecule has 3 aliphatic carbocycles. The number of piperidine rings is 1. The number of ether oxygens (including phenoxy) is 2. The Labute approximate surface area is 218 Å². The van der Waals surface area contributed by atoms with Gasteiger partial charge in [-0.3, -0.25) is 9.69 Å². The molecule has 1 saturated carbocycles. The van der Waals surface area contributed by atoms with Crippen LogP contribution in [0.5, 0.6) is 11.5 Å². The van der Waals surface area contributed by atoms with Gasteiger partial charge in [0.1, 0.15) is 5.76 Å². The average molecular weight is 505 g/mol. The molecule has 2 fully saturated rings. The number of phenolic OH excluding ortho intramolecular Hbond substituents is 1. The van der Waals surface area contributed by atoms with Crippen LogP contribution in [0.3, 0.4) is 0 Å². The van der Waals surface area contributed by atoms with E-state index in [4.69, 9.17) is 9.47 Å². The van der Waals surface area contributed by atoms with Crippen LogP contribution in [0.1, 0.15) is 51.2 Å². The highest BCUT2D eigenvalue weighted by molar-refractivity contribution is 6.04. The van der Waals surface area contributed by atoms with Crippen molar-refractivity contribution < 1.29 is 24.5 Å². The van der Waals surface area contributed by atoms with Crippen molar-refractivity contribution in [1.82, 2.24) is 4.90 Å². The minimum Gasteiger partial charge on any atom is -0.504 e. The Morgan fingerprint density at radius 3 is 2.73 bits per heavy atom. The van der Waals surface area contributed by atoms with E-state index in [2.05, 4.69) is 10.2 Å². The van der Waals surface area contributed by atoms with E-state index in [0.29, 0.717) is 48.1 Å². The van der Waals surface area contributed by atoms with Crippen LogP contribution in [0.25, 0.3) is 0 Å². The molecule has 37 heavy (non-hydrogen) atoms. The number of hydrogen-bond donors (Lipinski definition) is 3. The van der Waals surface area contributed by atoms with Crippen molar-refractivity contribution in [2.75, 3.05) is 25.0 Å². The number of nitrogens with one attached hydrogen (secondary N) is 1. The van der Waals surface area contributed by atoms with Crippen molar-refractivity contribution in [1.29, 1.82) is 0 Å². The molecule has 2 aromatic rings. The van der Waals surface area contributed by atoms with E-state index in [1.165, 1.54) is 12.8 Å². The fraction of sp³-hybridized carbons (Fsp3) is 0.500. The van der Waals surface area contributed by atoms with Crippen LogP contribution in [-0.4, -0.2) is 58.5 Å². The first-order valence-corrected chi connectivity index (χ1v) is 13.2. The monoisotopic (exact) mass is 504 g/mol. The maximum atomic E-state index is 13.7. The average Bonchev–Trinajstić information content (AvgIpc) is 3.61. The van der Waals surface area contributed by atoms with Gasteiger partial charge in [0.05, 0.1) is 23.2 Å². The minimum absolute atomic E-state index is 0. The minimum atomic E-state index is -1.22. The van der Waals surface area contributed by atoms with Crippen molar-refractivity contribution in [3.63, 3.8) is 0 Å².